The monoisotopic (exact) mass is 460 g/mol. The highest BCUT2D eigenvalue weighted by Crippen LogP contribution is 2.21. The zero-order valence-corrected chi connectivity index (χ0v) is 19.3. The number of carbonyl (C=O) groups excluding carboxylic acids is 1. The molecular weight excluding hydrogens is 428 g/mol. The molecule has 2 aromatic carbocycles. The number of ether oxygens (including phenoxy) is 2. The fraction of sp³-hybridized carbons (Fsp3) is 0.458. The van der Waals surface area contributed by atoms with Gasteiger partial charge in [0.1, 0.15) is 5.75 Å². The zero-order chi connectivity index (χ0) is 22.8. The van der Waals surface area contributed by atoms with E-state index < -0.39 is 10.0 Å². The van der Waals surface area contributed by atoms with Crippen LogP contribution in [-0.2, 0) is 14.8 Å². The highest BCUT2D eigenvalue weighted by molar-refractivity contribution is 7.92. The van der Waals surface area contributed by atoms with Crippen molar-refractivity contribution in [2.45, 2.75) is 56.4 Å². The fourth-order valence-corrected chi connectivity index (χ4v) is 4.70. The number of carbonyl (C=O) groups is 1. The van der Waals surface area contributed by atoms with Gasteiger partial charge >= 0.3 is 0 Å². The smallest absolute Gasteiger partial charge is 0.261 e. The number of anilines is 1. The van der Waals surface area contributed by atoms with Gasteiger partial charge in [-0.25, -0.2) is 8.42 Å². The molecule has 2 aromatic rings. The van der Waals surface area contributed by atoms with Crippen molar-refractivity contribution in [3.05, 3.63) is 54.1 Å². The van der Waals surface area contributed by atoms with Gasteiger partial charge in [-0.15, -0.1) is 0 Å². The van der Waals surface area contributed by atoms with Crippen molar-refractivity contribution >= 4 is 21.6 Å². The first-order chi connectivity index (χ1) is 15.5. The van der Waals surface area contributed by atoms with Crippen LogP contribution in [0.5, 0.6) is 5.75 Å². The molecular formula is C24H32N2O5S. The van der Waals surface area contributed by atoms with Crippen molar-refractivity contribution in [2.75, 3.05) is 24.5 Å². The number of benzene rings is 2. The lowest BCUT2D eigenvalue weighted by molar-refractivity contribution is 0.0273. The van der Waals surface area contributed by atoms with Gasteiger partial charge < -0.3 is 14.8 Å². The second-order valence-corrected chi connectivity index (χ2v) is 9.51. The van der Waals surface area contributed by atoms with Gasteiger partial charge in [0.15, 0.2) is 0 Å². The Morgan fingerprint density at radius 2 is 1.69 bits per heavy atom. The Morgan fingerprint density at radius 1 is 1.00 bits per heavy atom. The van der Waals surface area contributed by atoms with Crippen molar-refractivity contribution in [1.82, 2.24) is 5.32 Å². The standard InChI is InChI=1S/C24H32N2O5S/c1-2-30-22-13-11-20(12-14-22)26-32(28,29)23-15-9-19(10-16-23)24(27)25-17-6-18-31-21-7-4-3-5-8-21/h9-16,21,26H,2-8,17-18H2,1H3,(H,25,27). The zero-order valence-electron chi connectivity index (χ0n) is 18.5. The number of nitrogens with one attached hydrogen (secondary N) is 2. The van der Waals surface area contributed by atoms with E-state index in [1.807, 2.05) is 6.92 Å². The third-order valence-electron chi connectivity index (χ3n) is 5.36. The Bertz CT molecular complexity index is 953. The molecule has 0 radical (unpaired) electrons. The third kappa shape index (κ3) is 7.24. The molecule has 0 atom stereocenters. The number of rotatable bonds is 11. The molecule has 0 saturated heterocycles. The van der Waals surface area contributed by atoms with Crippen LogP contribution < -0.4 is 14.8 Å². The van der Waals surface area contributed by atoms with Gasteiger partial charge in [-0.1, -0.05) is 19.3 Å². The van der Waals surface area contributed by atoms with E-state index in [-0.39, 0.29) is 10.8 Å². The highest BCUT2D eigenvalue weighted by Gasteiger charge is 2.16. The van der Waals surface area contributed by atoms with Crippen LogP contribution in [0.4, 0.5) is 5.69 Å². The van der Waals surface area contributed by atoms with Crippen LogP contribution in [0.1, 0.15) is 55.8 Å². The lowest BCUT2D eigenvalue weighted by Gasteiger charge is -2.21. The second kappa shape index (κ2) is 11.9. The van der Waals surface area contributed by atoms with Crippen molar-refractivity contribution in [2.24, 2.45) is 0 Å². The SMILES string of the molecule is CCOc1ccc(NS(=O)(=O)c2ccc(C(=O)NCCCOC3CCCCC3)cc2)cc1. The van der Waals surface area contributed by atoms with E-state index >= 15 is 0 Å². The number of hydrogen-bond donors (Lipinski definition) is 2. The summed E-state index contributed by atoms with van der Waals surface area (Å²) in [6.07, 6.45) is 7.16. The molecule has 0 unspecified atom stereocenters. The van der Waals surface area contributed by atoms with Crippen LogP contribution in [0, 0.1) is 0 Å². The maximum Gasteiger partial charge on any atom is 0.261 e. The summed E-state index contributed by atoms with van der Waals surface area (Å²) in [4.78, 5) is 12.4. The topological polar surface area (TPSA) is 93.7 Å². The molecule has 8 heteroatoms. The molecule has 1 fully saturated rings. The summed E-state index contributed by atoms with van der Waals surface area (Å²) >= 11 is 0. The summed E-state index contributed by atoms with van der Waals surface area (Å²) in [7, 11) is -3.76. The van der Waals surface area contributed by atoms with Gasteiger partial charge in [0.05, 0.1) is 17.6 Å². The Balaban J connectivity index is 1.45. The minimum atomic E-state index is -3.76. The van der Waals surface area contributed by atoms with Crippen molar-refractivity contribution < 1.29 is 22.7 Å². The van der Waals surface area contributed by atoms with E-state index in [1.165, 1.54) is 43.5 Å². The van der Waals surface area contributed by atoms with E-state index in [2.05, 4.69) is 10.0 Å². The summed E-state index contributed by atoms with van der Waals surface area (Å²) in [6, 6.07) is 12.6. The predicted octanol–water partition coefficient (Wildman–Crippen LogP) is 4.36. The van der Waals surface area contributed by atoms with Gasteiger partial charge in [0, 0.05) is 24.4 Å². The first kappa shape index (κ1) is 24.1. The molecule has 32 heavy (non-hydrogen) atoms. The number of hydrogen-bond acceptors (Lipinski definition) is 5. The largest absolute Gasteiger partial charge is 0.494 e. The lowest BCUT2D eigenvalue weighted by atomic mass is 9.98. The summed E-state index contributed by atoms with van der Waals surface area (Å²) in [5.74, 6) is 0.442. The molecule has 1 amide bonds. The molecule has 1 saturated carbocycles. The van der Waals surface area contributed by atoms with Crippen LogP contribution in [0.3, 0.4) is 0 Å². The molecule has 0 aliphatic heterocycles. The Kier molecular flexibility index (Phi) is 8.93. The molecule has 0 heterocycles. The van der Waals surface area contributed by atoms with E-state index in [0.29, 0.717) is 42.9 Å². The molecule has 1 aliphatic rings. The van der Waals surface area contributed by atoms with E-state index in [1.54, 1.807) is 24.3 Å². The van der Waals surface area contributed by atoms with E-state index in [9.17, 15) is 13.2 Å². The maximum atomic E-state index is 12.6. The molecule has 3 rings (SSSR count). The second-order valence-electron chi connectivity index (χ2n) is 7.83. The van der Waals surface area contributed by atoms with Gasteiger partial charge in [0.2, 0.25) is 0 Å². The molecule has 1 aliphatic carbocycles. The fourth-order valence-electron chi connectivity index (χ4n) is 3.64. The van der Waals surface area contributed by atoms with Crippen LogP contribution in [-0.4, -0.2) is 40.2 Å². The first-order valence-electron chi connectivity index (χ1n) is 11.2. The van der Waals surface area contributed by atoms with Gasteiger partial charge in [-0.2, -0.15) is 0 Å². The van der Waals surface area contributed by atoms with Gasteiger partial charge in [-0.3, -0.25) is 9.52 Å². The average Bonchev–Trinajstić information content (AvgIpc) is 2.81. The molecule has 0 spiro atoms. The van der Waals surface area contributed by atoms with Crippen molar-refractivity contribution in [1.29, 1.82) is 0 Å². The molecule has 174 valence electrons. The van der Waals surface area contributed by atoms with Crippen LogP contribution in [0.15, 0.2) is 53.4 Å². The maximum absolute atomic E-state index is 12.6. The van der Waals surface area contributed by atoms with E-state index in [4.69, 9.17) is 9.47 Å². The van der Waals surface area contributed by atoms with E-state index in [0.717, 1.165) is 19.3 Å². The summed E-state index contributed by atoms with van der Waals surface area (Å²) in [5.41, 5.74) is 0.851. The molecule has 2 N–H and O–H groups in total. The molecule has 0 aromatic heterocycles. The van der Waals surface area contributed by atoms with Crippen molar-refractivity contribution in [3.63, 3.8) is 0 Å². The Hall–Kier alpha value is -2.58. The van der Waals surface area contributed by atoms with Gasteiger partial charge in [-0.05, 0) is 74.7 Å². The number of amides is 1. The Labute approximate surface area is 190 Å². The van der Waals surface area contributed by atoms with Crippen molar-refractivity contribution in [3.8, 4) is 5.75 Å². The predicted molar refractivity (Wildman–Crippen MR) is 125 cm³/mol. The summed E-state index contributed by atoms with van der Waals surface area (Å²) < 4.78 is 39.0. The highest BCUT2D eigenvalue weighted by atomic mass is 32.2. The third-order valence-corrected chi connectivity index (χ3v) is 6.75. The van der Waals surface area contributed by atoms with Crippen LogP contribution >= 0.6 is 0 Å². The normalized spacial score (nSPS) is 14.7. The van der Waals surface area contributed by atoms with Crippen LogP contribution in [0.2, 0.25) is 0 Å². The Morgan fingerprint density at radius 3 is 2.34 bits per heavy atom. The molecule has 7 nitrogen and oxygen atoms in total. The molecule has 0 bridgehead atoms. The minimum Gasteiger partial charge on any atom is -0.494 e. The number of sulfonamides is 1. The lowest BCUT2D eigenvalue weighted by Crippen LogP contribution is -2.26. The quantitative estimate of drug-likeness (QED) is 0.486. The average molecular weight is 461 g/mol. The first-order valence-corrected chi connectivity index (χ1v) is 12.7. The van der Waals surface area contributed by atoms with Crippen LogP contribution in [0.25, 0.3) is 0 Å². The minimum absolute atomic E-state index is 0.0869. The van der Waals surface area contributed by atoms with Gasteiger partial charge in [0.25, 0.3) is 15.9 Å². The summed E-state index contributed by atoms with van der Waals surface area (Å²) in [5, 5.41) is 2.85. The summed E-state index contributed by atoms with van der Waals surface area (Å²) in [6.45, 7) is 3.58.